The zero-order chi connectivity index (χ0) is 25.0. The van der Waals surface area contributed by atoms with Crippen molar-refractivity contribution in [3.63, 3.8) is 0 Å². The molecule has 0 fully saturated rings. The van der Waals surface area contributed by atoms with Crippen LogP contribution >= 0.6 is 0 Å². The Morgan fingerprint density at radius 1 is 0.743 bits per heavy atom. The summed E-state index contributed by atoms with van der Waals surface area (Å²) in [6.07, 6.45) is -0.335. The Labute approximate surface area is 204 Å². The summed E-state index contributed by atoms with van der Waals surface area (Å²) in [4.78, 5) is 37.7. The molecule has 0 aromatic heterocycles. The molecule has 182 valence electrons. The van der Waals surface area contributed by atoms with Gasteiger partial charge in [0.1, 0.15) is 24.4 Å². The topological polar surface area (TPSA) is 120 Å². The van der Waals surface area contributed by atoms with E-state index in [9.17, 15) is 14.4 Å². The monoisotopic (exact) mass is 475 g/mol. The van der Waals surface area contributed by atoms with Crippen LogP contribution in [0.4, 0.5) is 4.79 Å². The van der Waals surface area contributed by atoms with Gasteiger partial charge in [0.15, 0.2) is 0 Å². The molecule has 3 amide bonds. The second-order valence-electron chi connectivity index (χ2n) is 7.96. The van der Waals surface area contributed by atoms with Gasteiger partial charge in [0.05, 0.1) is 7.11 Å². The molecule has 0 aliphatic heterocycles. The minimum Gasteiger partial charge on any atom is -0.497 e. The van der Waals surface area contributed by atoms with E-state index in [2.05, 4.69) is 10.6 Å². The Morgan fingerprint density at radius 2 is 1.29 bits per heavy atom. The third kappa shape index (κ3) is 8.19. The first-order valence-corrected chi connectivity index (χ1v) is 11.2. The van der Waals surface area contributed by atoms with E-state index in [1.54, 1.807) is 31.4 Å². The number of carbonyl (C=O) groups excluding carboxylic acids is 3. The number of ether oxygens (including phenoxy) is 2. The standard InChI is InChI=1S/C27H29N3O5/c1-34-22-14-12-20(13-15-22)16-23(25(28)31)29-26(32)24(17-19-8-4-2-5-9-19)30-27(33)35-18-21-10-6-3-7-11-21/h2-15,23-24H,16-18H2,1H3,(H2,28,31)(H,29,32)(H,30,33)/t23-,24-/m1/s1. The maximum absolute atomic E-state index is 13.2. The third-order valence-corrected chi connectivity index (χ3v) is 5.36. The second-order valence-corrected chi connectivity index (χ2v) is 7.96. The van der Waals surface area contributed by atoms with E-state index >= 15 is 0 Å². The van der Waals surface area contributed by atoms with Gasteiger partial charge in [-0.15, -0.1) is 0 Å². The highest BCUT2D eigenvalue weighted by atomic mass is 16.5. The first-order valence-electron chi connectivity index (χ1n) is 11.2. The average molecular weight is 476 g/mol. The maximum atomic E-state index is 13.2. The quantitative estimate of drug-likeness (QED) is 0.394. The van der Waals surface area contributed by atoms with E-state index in [1.807, 2.05) is 60.7 Å². The molecule has 0 bridgehead atoms. The molecule has 0 aliphatic carbocycles. The predicted octanol–water partition coefficient (Wildman–Crippen LogP) is 2.75. The van der Waals surface area contributed by atoms with Crippen LogP contribution < -0.4 is 21.1 Å². The lowest BCUT2D eigenvalue weighted by molar-refractivity contribution is -0.128. The highest BCUT2D eigenvalue weighted by molar-refractivity contribution is 5.91. The summed E-state index contributed by atoms with van der Waals surface area (Å²) in [6.45, 7) is 0.0632. The lowest BCUT2D eigenvalue weighted by atomic mass is 10.0. The normalized spacial score (nSPS) is 12.1. The van der Waals surface area contributed by atoms with Crippen LogP contribution in [0.1, 0.15) is 16.7 Å². The third-order valence-electron chi connectivity index (χ3n) is 5.36. The zero-order valence-electron chi connectivity index (χ0n) is 19.5. The van der Waals surface area contributed by atoms with Crippen LogP contribution in [0.25, 0.3) is 0 Å². The van der Waals surface area contributed by atoms with Crippen molar-refractivity contribution in [2.45, 2.75) is 31.5 Å². The van der Waals surface area contributed by atoms with Gasteiger partial charge in [-0.25, -0.2) is 4.79 Å². The number of hydrogen-bond acceptors (Lipinski definition) is 5. The predicted molar refractivity (Wildman–Crippen MR) is 132 cm³/mol. The van der Waals surface area contributed by atoms with Crippen molar-refractivity contribution in [2.24, 2.45) is 5.73 Å². The van der Waals surface area contributed by atoms with Gasteiger partial charge in [0.2, 0.25) is 11.8 Å². The molecule has 3 rings (SSSR count). The molecule has 0 radical (unpaired) electrons. The molecule has 3 aromatic carbocycles. The Bertz CT molecular complexity index is 1100. The summed E-state index contributed by atoms with van der Waals surface area (Å²) in [6, 6.07) is 23.6. The number of alkyl carbamates (subject to hydrolysis) is 1. The van der Waals surface area contributed by atoms with E-state index in [1.165, 1.54) is 0 Å². The number of nitrogens with two attached hydrogens (primary N) is 1. The van der Waals surface area contributed by atoms with Crippen LogP contribution in [0.2, 0.25) is 0 Å². The van der Waals surface area contributed by atoms with E-state index in [4.69, 9.17) is 15.2 Å². The number of benzene rings is 3. The molecule has 0 aliphatic rings. The molecule has 0 saturated carbocycles. The lowest BCUT2D eigenvalue weighted by Gasteiger charge is -2.22. The molecule has 2 atom stereocenters. The summed E-state index contributed by atoms with van der Waals surface area (Å²) in [5.74, 6) is -0.545. The van der Waals surface area contributed by atoms with E-state index in [0.29, 0.717) is 5.75 Å². The maximum Gasteiger partial charge on any atom is 0.408 e. The Hall–Kier alpha value is -4.33. The van der Waals surface area contributed by atoms with Crippen molar-refractivity contribution >= 4 is 17.9 Å². The smallest absolute Gasteiger partial charge is 0.408 e. The van der Waals surface area contributed by atoms with Gasteiger partial charge in [0, 0.05) is 12.8 Å². The summed E-state index contributed by atoms with van der Waals surface area (Å²) in [5, 5.41) is 5.29. The fraction of sp³-hybridized carbons (Fsp3) is 0.222. The number of amides is 3. The molecule has 3 aromatic rings. The van der Waals surface area contributed by atoms with Gasteiger partial charge in [-0.05, 0) is 28.8 Å². The Balaban J connectivity index is 1.68. The molecule has 0 saturated heterocycles. The van der Waals surface area contributed by atoms with Gasteiger partial charge in [0.25, 0.3) is 0 Å². The second kappa shape index (κ2) is 12.8. The highest BCUT2D eigenvalue weighted by Gasteiger charge is 2.26. The van der Waals surface area contributed by atoms with Crippen molar-refractivity contribution in [3.05, 3.63) is 102 Å². The van der Waals surface area contributed by atoms with Crippen molar-refractivity contribution in [3.8, 4) is 5.75 Å². The van der Waals surface area contributed by atoms with Crippen molar-refractivity contribution in [1.29, 1.82) is 0 Å². The Morgan fingerprint density at radius 3 is 1.86 bits per heavy atom. The zero-order valence-corrected chi connectivity index (χ0v) is 19.5. The van der Waals surface area contributed by atoms with Gasteiger partial charge in [-0.3, -0.25) is 9.59 Å². The fourth-order valence-electron chi connectivity index (χ4n) is 3.46. The van der Waals surface area contributed by atoms with Gasteiger partial charge in [-0.2, -0.15) is 0 Å². The van der Waals surface area contributed by atoms with Crippen LogP contribution in [0.5, 0.6) is 5.75 Å². The summed E-state index contributed by atoms with van der Waals surface area (Å²) in [5.41, 5.74) is 8.02. The molecule has 0 heterocycles. The number of rotatable bonds is 11. The fourth-order valence-corrected chi connectivity index (χ4v) is 3.46. The number of methoxy groups -OCH3 is 1. The molecule has 4 N–H and O–H groups in total. The number of primary amides is 1. The Kier molecular flexibility index (Phi) is 9.24. The average Bonchev–Trinajstić information content (AvgIpc) is 2.88. The molecule has 8 heteroatoms. The van der Waals surface area contributed by atoms with Gasteiger partial charge < -0.3 is 25.8 Å². The van der Waals surface area contributed by atoms with Gasteiger partial charge in [-0.1, -0.05) is 72.8 Å². The van der Waals surface area contributed by atoms with Crippen LogP contribution in [-0.2, 0) is 33.8 Å². The molecule has 0 spiro atoms. The van der Waals surface area contributed by atoms with E-state index in [-0.39, 0.29) is 19.4 Å². The number of nitrogens with one attached hydrogen (secondary N) is 2. The highest BCUT2D eigenvalue weighted by Crippen LogP contribution is 2.13. The minimum atomic E-state index is -0.974. The van der Waals surface area contributed by atoms with Crippen molar-refractivity contribution in [2.75, 3.05) is 7.11 Å². The SMILES string of the molecule is COc1ccc(C[C@@H](NC(=O)[C@@H](Cc2ccccc2)NC(=O)OCc2ccccc2)C(N)=O)cc1. The summed E-state index contributed by atoms with van der Waals surface area (Å²) < 4.78 is 10.4. The van der Waals surface area contributed by atoms with Crippen LogP contribution in [0.15, 0.2) is 84.9 Å². The summed E-state index contributed by atoms with van der Waals surface area (Å²) in [7, 11) is 1.56. The van der Waals surface area contributed by atoms with Crippen LogP contribution in [0, 0.1) is 0 Å². The van der Waals surface area contributed by atoms with Crippen molar-refractivity contribution in [1.82, 2.24) is 10.6 Å². The molecular formula is C27H29N3O5. The summed E-state index contributed by atoms with van der Waals surface area (Å²) >= 11 is 0. The van der Waals surface area contributed by atoms with Gasteiger partial charge >= 0.3 is 6.09 Å². The molecule has 8 nitrogen and oxygen atoms in total. The van der Waals surface area contributed by atoms with Crippen molar-refractivity contribution < 1.29 is 23.9 Å². The molecule has 35 heavy (non-hydrogen) atoms. The van der Waals surface area contributed by atoms with E-state index < -0.39 is 30.0 Å². The molecule has 0 unspecified atom stereocenters. The van der Waals surface area contributed by atoms with Crippen LogP contribution in [-0.4, -0.2) is 37.1 Å². The minimum absolute atomic E-state index is 0.0632. The number of hydrogen-bond donors (Lipinski definition) is 3. The largest absolute Gasteiger partial charge is 0.497 e. The lowest BCUT2D eigenvalue weighted by Crippen LogP contribution is -2.54. The first-order chi connectivity index (χ1) is 16.9. The molecular weight excluding hydrogens is 446 g/mol. The van der Waals surface area contributed by atoms with E-state index in [0.717, 1.165) is 16.7 Å². The first kappa shape index (κ1) is 25.3. The number of carbonyl (C=O) groups is 3. The van der Waals surface area contributed by atoms with Crippen LogP contribution in [0.3, 0.4) is 0 Å².